The fourth-order valence-corrected chi connectivity index (χ4v) is 3.41. The standard InChI is InChI=1S/C17H14ClN3O2/c1-9-5-12-13(14(22)6-9)8-19-16-15(12)17(23)21(20-16)11-4-2-3-10(18)7-11/h2-4,7-9H,5-6H2,1H3,(H,19,20). The predicted molar refractivity (Wildman–Crippen MR) is 88.5 cm³/mol. The number of benzene rings is 1. The molecule has 1 aromatic carbocycles. The van der Waals surface area contributed by atoms with E-state index in [-0.39, 0.29) is 17.3 Å². The topological polar surface area (TPSA) is 67.8 Å². The van der Waals surface area contributed by atoms with Crippen molar-refractivity contribution in [3.05, 3.63) is 57.0 Å². The number of hydrogen-bond donors (Lipinski definition) is 1. The number of halogens is 1. The van der Waals surface area contributed by atoms with Crippen LogP contribution in [0.5, 0.6) is 0 Å². The lowest BCUT2D eigenvalue weighted by molar-refractivity contribution is 0.0953. The van der Waals surface area contributed by atoms with Gasteiger partial charge in [0.15, 0.2) is 11.4 Å². The van der Waals surface area contributed by atoms with Crippen LogP contribution in [0.1, 0.15) is 29.3 Å². The molecule has 0 spiro atoms. The largest absolute Gasteiger partial charge is 0.294 e. The summed E-state index contributed by atoms with van der Waals surface area (Å²) in [6.45, 7) is 2.02. The van der Waals surface area contributed by atoms with Gasteiger partial charge < -0.3 is 0 Å². The van der Waals surface area contributed by atoms with E-state index in [9.17, 15) is 9.59 Å². The smallest absolute Gasteiger partial charge is 0.281 e. The Morgan fingerprint density at radius 3 is 2.91 bits per heavy atom. The molecular weight excluding hydrogens is 314 g/mol. The Balaban J connectivity index is 2.01. The number of hydrogen-bond acceptors (Lipinski definition) is 3. The van der Waals surface area contributed by atoms with Gasteiger partial charge in [-0.1, -0.05) is 24.6 Å². The number of rotatable bonds is 1. The number of fused-ring (bicyclic) bond motifs is 3. The van der Waals surface area contributed by atoms with E-state index < -0.39 is 0 Å². The number of carbonyl (C=O) groups excluding carboxylic acids is 1. The lowest BCUT2D eigenvalue weighted by Gasteiger charge is -2.19. The van der Waals surface area contributed by atoms with Crippen LogP contribution < -0.4 is 5.56 Å². The minimum Gasteiger partial charge on any atom is -0.294 e. The number of carbonyl (C=O) groups is 1. The molecule has 2 aromatic heterocycles. The van der Waals surface area contributed by atoms with Crippen LogP contribution >= 0.6 is 11.6 Å². The average Bonchev–Trinajstić information content (AvgIpc) is 2.84. The second-order valence-corrected chi connectivity index (χ2v) is 6.48. The van der Waals surface area contributed by atoms with Crippen molar-refractivity contribution in [2.24, 2.45) is 5.92 Å². The van der Waals surface area contributed by atoms with Gasteiger partial charge in [0.25, 0.3) is 5.56 Å². The van der Waals surface area contributed by atoms with E-state index in [1.54, 1.807) is 30.5 Å². The molecule has 2 heterocycles. The first-order chi connectivity index (χ1) is 11.0. The zero-order valence-corrected chi connectivity index (χ0v) is 13.2. The maximum atomic E-state index is 12.9. The van der Waals surface area contributed by atoms with Crippen LogP contribution in [0.25, 0.3) is 16.7 Å². The van der Waals surface area contributed by atoms with Gasteiger partial charge in [0.1, 0.15) is 0 Å². The number of ketones is 1. The molecule has 3 aromatic rings. The molecule has 116 valence electrons. The van der Waals surface area contributed by atoms with Crippen molar-refractivity contribution in [1.82, 2.24) is 14.8 Å². The minimum atomic E-state index is -0.200. The van der Waals surface area contributed by atoms with Crippen molar-refractivity contribution in [3.63, 3.8) is 0 Å². The Morgan fingerprint density at radius 2 is 2.13 bits per heavy atom. The van der Waals surface area contributed by atoms with Crippen molar-refractivity contribution in [3.8, 4) is 5.69 Å². The monoisotopic (exact) mass is 327 g/mol. The summed E-state index contributed by atoms with van der Waals surface area (Å²) in [4.78, 5) is 29.3. The summed E-state index contributed by atoms with van der Waals surface area (Å²) >= 11 is 6.01. The zero-order valence-electron chi connectivity index (χ0n) is 12.5. The quantitative estimate of drug-likeness (QED) is 0.746. The molecule has 5 nitrogen and oxygen atoms in total. The molecule has 4 rings (SSSR count). The molecule has 1 unspecified atom stereocenters. The van der Waals surface area contributed by atoms with Crippen LogP contribution in [0.15, 0.2) is 35.3 Å². The zero-order chi connectivity index (χ0) is 16.1. The highest BCUT2D eigenvalue weighted by Gasteiger charge is 2.27. The van der Waals surface area contributed by atoms with Gasteiger partial charge in [-0.3, -0.25) is 14.7 Å². The van der Waals surface area contributed by atoms with Crippen LogP contribution in [-0.2, 0) is 6.42 Å². The Kier molecular flexibility index (Phi) is 3.13. The maximum Gasteiger partial charge on any atom is 0.281 e. The van der Waals surface area contributed by atoms with Crippen LogP contribution in [0.2, 0.25) is 5.02 Å². The van der Waals surface area contributed by atoms with E-state index in [2.05, 4.69) is 10.1 Å². The van der Waals surface area contributed by atoms with Crippen LogP contribution in [0, 0.1) is 5.92 Å². The van der Waals surface area contributed by atoms with Gasteiger partial charge in [0, 0.05) is 23.2 Å². The van der Waals surface area contributed by atoms with Crippen molar-refractivity contribution >= 4 is 28.4 Å². The number of nitrogens with one attached hydrogen (secondary N) is 1. The molecule has 0 saturated carbocycles. The molecule has 0 fully saturated rings. The molecule has 0 aliphatic heterocycles. The van der Waals surface area contributed by atoms with Gasteiger partial charge in [0.2, 0.25) is 0 Å². The summed E-state index contributed by atoms with van der Waals surface area (Å²) in [5.41, 5.74) is 2.32. The molecule has 0 radical (unpaired) electrons. The van der Waals surface area contributed by atoms with Gasteiger partial charge in [-0.2, -0.15) is 0 Å². The summed E-state index contributed by atoms with van der Waals surface area (Å²) in [5, 5.41) is 4.06. The Hall–Kier alpha value is -2.40. The van der Waals surface area contributed by atoms with Gasteiger partial charge >= 0.3 is 0 Å². The Morgan fingerprint density at radius 1 is 1.30 bits per heavy atom. The van der Waals surface area contributed by atoms with Crippen molar-refractivity contribution in [1.29, 1.82) is 0 Å². The first-order valence-electron chi connectivity index (χ1n) is 7.46. The van der Waals surface area contributed by atoms with Crippen molar-refractivity contribution < 1.29 is 4.79 Å². The highest BCUT2D eigenvalue weighted by Crippen LogP contribution is 2.28. The third-order valence-corrected chi connectivity index (χ3v) is 4.51. The molecular formula is C17H14ClN3O2. The number of nitrogens with zero attached hydrogens (tertiary/aromatic N) is 2. The average molecular weight is 328 g/mol. The highest BCUT2D eigenvalue weighted by atomic mass is 35.5. The second kappa shape index (κ2) is 5.06. The number of aromatic amines is 1. The van der Waals surface area contributed by atoms with Crippen LogP contribution in [0.3, 0.4) is 0 Å². The van der Waals surface area contributed by atoms with Gasteiger partial charge in [-0.25, -0.2) is 9.67 Å². The first kappa shape index (κ1) is 14.2. The van der Waals surface area contributed by atoms with Crippen LogP contribution in [-0.4, -0.2) is 20.5 Å². The maximum absolute atomic E-state index is 12.9. The summed E-state index contributed by atoms with van der Waals surface area (Å²) in [5.74, 6) is 0.289. The van der Waals surface area contributed by atoms with E-state index in [0.29, 0.717) is 40.1 Å². The summed E-state index contributed by atoms with van der Waals surface area (Å²) in [6.07, 6.45) is 2.79. The molecule has 0 bridgehead atoms. The van der Waals surface area contributed by atoms with E-state index in [0.717, 1.165) is 5.56 Å². The summed E-state index contributed by atoms with van der Waals surface area (Å²) in [7, 11) is 0. The second-order valence-electron chi connectivity index (χ2n) is 6.04. The predicted octanol–water partition coefficient (Wildman–Crippen LogP) is 3.13. The fourth-order valence-electron chi connectivity index (χ4n) is 3.23. The number of Topliss-reactive ketones (excluding diaryl/α,β-unsaturated/α-hetero) is 1. The van der Waals surface area contributed by atoms with Crippen LogP contribution in [0.4, 0.5) is 0 Å². The summed E-state index contributed by atoms with van der Waals surface area (Å²) in [6, 6.07) is 7.03. The molecule has 6 heteroatoms. The molecule has 0 saturated heterocycles. The first-order valence-corrected chi connectivity index (χ1v) is 7.84. The molecule has 1 aliphatic rings. The number of pyridine rings is 1. The van der Waals surface area contributed by atoms with E-state index in [4.69, 9.17) is 11.6 Å². The lowest BCUT2D eigenvalue weighted by Crippen LogP contribution is -2.21. The van der Waals surface area contributed by atoms with Crippen molar-refractivity contribution in [2.45, 2.75) is 19.8 Å². The summed E-state index contributed by atoms with van der Waals surface area (Å²) < 4.78 is 1.42. The highest BCUT2D eigenvalue weighted by molar-refractivity contribution is 6.30. The van der Waals surface area contributed by atoms with Gasteiger partial charge in [-0.05, 0) is 36.1 Å². The van der Waals surface area contributed by atoms with Crippen molar-refractivity contribution in [2.75, 3.05) is 0 Å². The molecule has 1 atom stereocenters. The van der Waals surface area contributed by atoms with Gasteiger partial charge in [-0.15, -0.1) is 0 Å². The lowest BCUT2D eigenvalue weighted by atomic mass is 9.84. The number of H-pyrrole nitrogens is 1. The fraction of sp³-hybridized carbons (Fsp3) is 0.235. The Bertz CT molecular complexity index is 1000. The van der Waals surface area contributed by atoms with E-state index >= 15 is 0 Å². The molecule has 1 aliphatic carbocycles. The van der Waals surface area contributed by atoms with Gasteiger partial charge in [0.05, 0.1) is 11.1 Å². The van der Waals surface area contributed by atoms with E-state index in [1.165, 1.54) is 4.68 Å². The Labute approximate surface area is 136 Å². The minimum absolute atomic E-state index is 0.0584. The third kappa shape index (κ3) is 2.19. The third-order valence-electron chi connectivity index (χ3n) is 4.27. The van der Waals surface area contributed by atoms with E-state index in [1.807, 2.05) is 6.92 Å². The SMILES string of the molecule is CC1CC(=O)c2cnc3[nH]n(-c4cccc(Cl)c4)c(=O)c3c2C1. The normalized spacial score (nSPS) is 17.5. The molecule has 0 amide bonds. The molecule has 1 N–H and O–H groups in total. The molecule has 23 heavy (non-hydrogen) atoms. The number of aromatic nitrogens is 3.